The van der Waals surface area contributed by atoms with Gasteiger partial charge >= 0.3 is 0 Å². The fourth-order valence-corrected chi connectivity index (χ4v) is 5.04. The second-order valence-electron chi connectivity index (χ2n) is 10.4. The number of aliphatic hydroxyl groups is 1. The molecule has 0 amide bonds. The lowest BCUT2D eigenvalue weighted by Gasteiger charge is -2.24. The predicted molar refractivity (Wildman–Crippen MR) is 161 cm³/mol. The zero-order valence-corrected chi connectivity index (χ0v) is 22.7. The minimum atomic E-state index is -0.765. The van der Waals surface area contributed by atoms with Gasteiger partial charge in [-0.2, -0.15) is 0 Å². The number of phenolic OH excluding ortho intramolecular Hbond substituents is 1. The second-order valence-corrected chi connectivity index (χ2v) is 10.4. The molecule has 1 aliphatic rings. The van der Waals surface area contributed by atoms with Crippen molar-refractivity contribution in [3.63, 3.8) is 0 Å². The maximum Gasteiger partial charge on any atom is 0.248 e. The molecular weight excluding hydrogens is 500 g/mol. The number of rotatable bonds is 13. The third-order valence-electron chi connectivity index (χ3n) is 7.51. The summed E-state index contributed by atoms with van der Waals surface area (Å²) in [6, 6.07) is 25.4. The molecule has 4 aromatic rings. The average molecular weight is 539 g/mol. The summed E-state index contributed by atoms with van der Waals surface area (Å²) in [4.78, 5) is 14.3. The molecule has 3 aromatic carbocycles. The highest BCUT2D eigenvalue weighted by atomic mass is 16.3. The standard InChI is InChI=1S/C33H38N4O3/c38-29-17-15-27(28-16-18-31(40)37-32(28)29)30(39)22-34-21-19-24-11-13-26(14-12-24)36-33(25-9-4-10-25)35-20-5-8-23-6-2-1-3-7-23/h1-3,6-7,11-18,30,34-36,38-39H,4-5,8-10,19-22H2,(H,37,40). The molecular formula is C33H38N4O3. The number of hydrogen-bond acceptors (Lipinski definition) is 6. The Morgan fingerprint density at radius 1 is 0.875 bits per heavy atom. The fraction of sp³-hybridized carbons (Fsp3) is 0.303. The molecule has 1 heterocycles. The van der Waals surface area contributed by atoms with Gasteiger partial charge in [0.25, 0.3) is 0 Å². The normalized spacial score (nSPS) is 13.6. The van der Waals surface area contributed by atoms with Crippen LogP contribution in [0.15, 0.2) is 95.1 Å². The fourth-order valence-electron chi connectivity index (χ4n) is 5.04. The quantitative estimate of drug-likeness (QED) is 0.132. The number of aryl methyl sites for hydroxylation is 1. The van der Waals surface area contributed by atoms with E-state index in [1.54, 1.807) is 12.1 Å². The Kier molecular flexibility index (Phi) is 9.16. The number of allylic oxidation sites excluding steroid dienone is 1. The molecule has 0 aliphatic heterocycles. The van der Waals surface area contributed by atoms with Gasteiger partial charge in [-0.25, -0.2) is 0 Å². The minimum absolute atomic E-state index is 0.00983. The molecule has 0 spiro atoms. The van der Waals surface area contributed by atoms with Crippen LogP contribution in [-0.4, -0.2) is 34.8 Å². The van der Waals surface area contributed by atoms with Gasteiger partial charge in [-0.1, -0.05) is 48.5 Å². The molecule has 1 atom stereocenters. The van der Waals surface area contributed by atoms with Crippen LogP contribution in [0.1, 0.15) is 48.5 Å². The number of benzene rings is 3. The first-order chi connectivity index (χ1) is 19.6. The molecule has 7 heteroatoms. The number of fused-ring (bicyclic) bond motifs is 1. The Labute approximate surface area is 235 Å². The molecule has 1 fully saturated rings. The number of phenols is 1. The van der Waals surface area contributed by atoms with Crippen molar-refractivity contribution in [3.8, 4) is 5.75 Å². The molecule has 0 bridgehead atoms. The number of nitrogens with one attached hydrogen (secondary N) is 4. The molecule has 208 valence electrons. The molecule has 1 aliphatic carbocycles. The molecule has 0 radical (unpaired) electrons. The van der Waals surface area contributed by atoms with Gasteiger partial charge in [0.15, 0.2) is 0 Å². The molecule has 0 saturated heterocycles. The topological polar surface area (TPSA) is 109 Å². The lowest BCUT2D eigenvalue weighted by Crippen LogP contribution is -2.25. The third kappa shape index (κ3) is 7.11. The largest absolute Gasteiger partial charge is 0.506 e. The van der Waals surface area contributed by atoms with Crippen LogP contribution in [0.2, 0.25) is 0 Å². The third-order valence-corrected chi connectivity index (χ3v) is 7.51. The summed E-state index contributed by atoms with van der Waals surface area (Å²) >= 11 is 0. The van der Waals surface area contributed by atoms with Crippen LogP contribution in [0.25, 0.3) is 10.9 Å². The van der Waals surface area contributed by atoms with Crippen LogP contribution in [0.3, 0.4) is 0 Å². The summed E-state index contributed by atoms with van der Waals surface area (Å²) in [6.45, 7) is 2.02. The first-order valence-corrected chi connectivity index (χ1v) is 14.2. The number of aromatic hydroxyl groups is 1. The van der Waals surface area contributed by atoms with Crippen molar-refractivity contribution in [1.82, 2.24) is 15.6 Å². The number of aromatic amines is 1. The first-order valence-electron chi connectivity index (χ1n) is 14.2. The summed E-state index contributed by atoms with van der Waals surface area (Å²) in [6.07, 6.45) is 5.80. The smallest absolute Gasteiger partial charge is 0.248 e. The summed E-state index contributed by atoms with van der Waals surface area (Å²) in [7, 11) is 0. The van der Waals surface area contributed by atoms with E-state index in [9.17, 15) is 15.0 Å². The van der Waals surface area contributed by atoms with Crippen molar-refractivity contribution in [2.75, 3.05) is 25.0 Å². The lowest BCUT2D eigenvalue weighted by atomic mass is 9.92. The number of anilines is 1. The number of aliphatic hydroxyl groups excluding tert-OH is 1. The molecule has 6 N–H and O–H groups in total. The van der Waals surface area contributed by atoms with Gasteiger partial charge in [-0.3, -0.25) is 4.79 Å². The summed E-state index contributed by atoms with van der Waals surface area (Å²) in [5.74, 6) is 1.15. The zero-order valence-electron chi connectivity index (χ0n) is 22.7. The second kappa shape index (κ2) is 13.3. The predicted octanol–water partition coefficient (Wildman–Crippen LogP) is 5.13. The number of H-pyrrole nitrogens is 1. The zero-order chi connectivity index (χ0) is 27.7. The Bertz CT molecular complexity index is 1490. The maximum absolute atomic E-state index is 11.6. The van der Waals surface area contributed by atoms with Gasteiger partial charge in [0.05, 0.1) is 11.6 Å². The van der Waals surface area contributed by atoms with E-state index in [0.29, 0.717) is 23.0 Å². The van der Waals surface area contributed by atoms with Crippen molar-refractivity contribution in [2.24, 2.45) is 0 Å². The van der Waals surface area contributed by atoms with Crippen LogP contribution >= 0.6 is 0 Å². The average Bonchev–Trinajstić information content (AvgIpc) is 2.94. The highest BCUT2D eigenvalue weighted by Crippen LogP contribution is 2.29. The Balaban J connectivity index is 1.08. The Hall–Kier alpha value is -4.07. The van der Waals surface area contributed by atoms with Crippen LogP contribution in [0, 0.1) is 0 Å². The summed E-state index contributed by atoms with van der Waals surface area (Å²) in [5.41, 5.74) is 5.86. The molecule has 1 saturated carbocycles. The van der Waals surface area contributed by atoms with Gasteiger partial charge < -0.3 is 31.1 Å². The van der Waals surface area contributed by atoms with E-state index in [2.05, 4.69) is 75.5 Å². The molecule has 5 rings (SSSR count). The lowest BCUT2D eigenvalue weighted by molar-refractivity contribution is 0.176. The van der Waals surface area contributed by atoms with Gasteiger partial charge in [0.1, 0.15) is 11.6 Å². The first kappa shape index (κ1) is 27.5. The number of pyridine rings is 1. The van der Waals surface area contributed by atoms with Crippen LogP contribution in [0.5, 0.6) is 5.75 Å². The van der Waals surface area contributed by atoms with Gasteiger partial charge in [-0.05, 0) is 91.6 Å². The van der Waals surface area contributed by atoms with Gasteiger partial charge in [-0.15, -0.1) is 0 Å². The highest BCUT2D eigenvalue weighted by molar-refractivity contribution is 5.87. The highest BCUT2D eigenvalue weighted by Gasteiger charge is 2.15. The molecule has 1 unspecified atom stereocenters. The Morgan fingerprint density at radius 2 is 1.65 bits per heavy atom. The van der Waals surface area contributed by atoms with Crippen molar-refractivity contribution in [1.29, 1.82) is 0 Å². The number of hydrogen-bond donors (Lipinski definition) is 6. The summed E-state index contributed by atoms with van der Waals surface area (Å²) in [5, 5.41) is 32.0. The van der Waals surface area contributed by atoms with Crippen LogP contribution < -0.4 is 21.5 Å². The van der Waals surface area contributed by atoms with E-state index in [4.69, 9.17) is 0 Å². The maximum atomic E-state index is 11.6. The number of aromatic nitrogens is 1. The minimum Gasteiger partial charge on any atom is -0.506 e. The van der Waals surface area contributed by atoms with Crippen molar-refractivity contribution < 1.29 is 10.2 Å². The van der Waals surface area contributed by atoms with Crippen LogP contribution in [0.4, 0.5) is 5.69 Å². The molecule has 1 aromatic heterocycles. The van der Waals surface area contributed by atoms with Gasteiger partial charge in [0.2, 0.25) is 5.56 Å². The van der Waals surface area contributed by atoms with Gasteiger partial charge in [0, 0.05) is 30.2 Å². The SMILES string of the molecule is O=c1ccc2c(C(O)CNCCc3ccc(NC(NCCCc4ccccc4)=C4CCC4)cc3)ccc(O)c2[nH]1. The van der Waals surface area contributed by atoms with Crippen molar-refractivity contribution >= 4 is 16.6 Å². The van der Waals surface area contributed by atoms with E-state index in [0.717, 1.165) is 56.7 Å². The van der Waals surface area contributed by atoms with E-state index in [1.807, 2.05) is 0 Å². The van der Waals surface area contributed by atoms with Crippen molar-refractivity contribution in [2.45, 2.75) is 44.6 Å². The molecule has 7 nitrogen and oxygen atoms in total. The Morgan fingerprint density at radius 3 is 2.40 bits per heavy atom. The monoisotopic (exact) mass is 538 g/mol. The summed E-state index contributed by atoms with van der Waals surface area (Å²) < 4.78 is 0. The van der Waals surface area contributed by atoms with E-state index in [-0.39, 0.29) is 11.3 Å². The van der Waals surface area contributed by atoms with E-state index >= 15 is 0 Å². The molecule has 40 heavy (non-hydrogen) atoms. The van der Waals surface area contributed by atoms with Crippen molar-refractivity contribution in [3.05, 3.63) is 117 Å². The van der Waals surface area contributed by atoms with Crippen LogP contribution in [-0.2, 0) is 12.8 Å². The van der Waals surface area contributed by atoms with E-state index < -0.39 is 6.10 Å². The van der Waals surface area contributed by atoms with E-state index in [1.165, 1.54) is 35.3 Å².